The maximum absolute atomic E-state index is 13.2. The molecule has 0 aliphatic carbocycles. The summed E-state index contributed by atoms with van der Waals surface area (Å²) in [6.07, 6.45) is 0.328. The Bertz CT molecular complexity index is 968. The molecule has 1 fully saturated rings. The number of hydrogen-bond acceptors (Lipinski definition) is 7. The number of aliphatic hydroxyl groups is 1. The van der Waals surface area contributed by atoms with Crippen LogP contribution < -0.4 is 27.8 Å². The Morgan fingerprint density at radius 2 is 1.81 bits per heavy atom. The topological polar surface area (TPSA) is 226 Å². The van der Waals surface area contributed by atoms with Crippen molar-refractivity contribution in [2.24, 2.45) is 22.2 Å². The number of carboxylic acids is 1. The minimum absolute atomic E-state index is 0.0754. The molecule has 1 saturated heterocycles. The van der Waals surface area contributed by atoms with Gasteiger partial charge in [0.2, 0.25) is 17.7 Å². The molecule has 1 aliphatic rings. The van der Waals surface area contributed by atoms with Crippen molar-refractivity contribution in [1.29, 1.82) is 0 Å². The van der Waals surface area contributed by atoms with Crippen LogP contribution in [0.2, 0.25) is 0 Å². The molecule has 0 aromatic heterocycles. The number of aliphatic imine (C=N–C) groups is 1. The summed E-state index contributed by atoms with van der Waals surface area (Å²) in [6.45, 7) is 1.89. The number of rotatable bonds is 13. The van der Waals surface area contributed by atoms with Crippen LogP contribution in [0.1, 0.15) is 38.2 Å². The number of guanidine groups is 1. The number of carbonyl (C=O) groups excluding carboxylic acids is 3. The van der Waals surface area contributed by atoms with Crippen molar-refractivity contribution in [3.05, 3.63) is 35.9 Å². The van der Waals surface area contributed by atoms with Gasteiger partial charge >= 0.3 is 5.97 Å². The first kappa shape index (κ1) is 29.5. The summed E-state index contributed by atoms with van der Waals surface area (Å²) in [6, 6.07) is 4.58. The van der Waals surface area contributed by atoms with E-state index in [4.69, 9.17) is 17.2 Å². The number of carboxylic acid groups (broad SMARTS) is 1. The normalized spacial score (nSPS) is 18.2. The van der Waals surface area contributed by atoms with Gasteiger partial charge in [0, 0.05) is 19.5 Å². The number of aliphatic hydroxyl groups excluding tert-OH is 1. The Balaban J connectivity index is 2.16. The lowest BCUT2D eigenvalue weighted by molar-refractivity contribution is -0.143. The number of nitrogens with zero attached hydrogens (tertiary/aromatic N) is 2. The van der Waals surface area contributed by atoms with Gasteiger partial charge in [0.05, 0.1) is 6.10 Å². The molecule has 37 heavy (non-hydrogen) atoms. The zero-order chi connectivity index (χ0) is 27.5. The largest absolute Gasteiger partial charge is 0.480 e. The fourth-order valence-corrected chi connectivity index (χ4v) is 4.06. The van der Waals surface area contributed by atoms with E-state index in [1.807, 2.05) is 6.07 Å². The van der Waals surface area contributed by atoms with Crippen LogP contribution in [-0.4, -0.2) is 88.1 Å². The number of benzene rings is 1. The van der Waals surface area contributed by atoms with E-state index in [9.17, 15) is 29.4 Å². The Labute approximate surface area is 215 Å². The van der Waals surface area contributed by atoms with Crippen LogP contribution >= 0.6 is 0 Å². The van der Waals surface area contributed by atoms with Crippen LogP contribution in [0.15, 0.2) is 35.3 Å². The van der Waals surface area contributed by atoms with E-state index in [1.165, 1.54) is 11.8 Å². The Morgan fingerprint density at radius 1 is 1.14 bits per heavy atom. The number of nitrogens with two attached hydrogens (primary N) is 3. The Morgan fingerprint density at radius 3 is 2.41 bits per heavy atom. The average molecular weight is 520 g/mol. The van der Waals surface area contributed by atoms with E-state index in [-0.39, 0.29) is 25.3 Å². The van der Waals surface area contributed by atoms with Crippen molar-refractivity contribution in [2.45, 2.75) is 69.3 Å². The molecule has 13 nitrogen and oxygen atoms in total. The summed E-state index contributed by atoms with van der Waals surface area (Å²) in [5, 5.41) is 24.5. The monoisotopic (exact) mass is 519 g/mol. The third-order valence-electron chi connectivity index (χ3n) is 6.12. The number of likely N-dealkylation sites (tertiary alicyclic amines) is 1. The second-order valence-electron chi connectivity index (χ2n) is 9.06. The lowest BCUT2D eigenvalue weighted by Gasteiger charge is -2.29. The van der Waals surface area contributed by atoms with E-state index < -0.39 is 54.0 Å². The van der Waals surface area contributed by atoms with Gasteiger partial charge in [-0.2, -0.15) is 0 Å². The number of aliphatic carboxylic acids is 1. The zero-order valence-corrected chi connectivity index (χ0v) is 20.9. The van der Waals surface area contributed by atoms with Crippen LogP contribution in [0.4, 0.5) is 0 Å². The van der Waals surface area contributed by atoms with E-state index in [2.05, 4.69) is 15.6 Å². The third kappa shape index (κ3) is 9.03. The average Bonchev–Trinajstić information content (AvgIpc) is 3.34. The van der Waals surface area contributed by atoms with Crippen LogP contribution in [0.5, 0.6) is 0 Å². The molecule has 5 unspecified atom stereocenters. The summed E-state index contributed by atoms with van der Waals surface area (Å²) in [5.41, 5.74) is 17.1. The lowest BCUT2D eigenvalue weighted by atomic mass is 10.0. The Kier molecular flexibility index (Phi) is 11.3. The van der Waals surface area contributed by atoms with E-state index in [0.717, 1.165) is 5.56 Å². The first-order valence-electron chi connectivity index (χ1n) is 12.2. The van der Waals surface area contributed by atoms with Gasteiger partial charge in [-0.1, -0.05) is 30.3 Å². The second kappa shape index (κ2) is 14.1. The summed E-state index contributed by atoms with van der Waals surface area (Å²) in [4.78, 5) is 55.9. The van der Waals surface area contributed by atoms with E-state index in [1.54, 1.807) is 24.3 Å². The molecular formula is C24H37N7O6. The van der Waals surface area contributed by atoms with Crippen molar-refractivity contribution in [3.8, 4) is 0 Å². The van der Waals surface area contributed by atoms with Crippen molar-refractivity contribution in [2.75, 3.05) is 13.1 Å². The summed E-state index contributed by atoms with van der Waals surface area (Å²) in [5.74, 6) is -3.14. The quantitative estimate of drug-likeness (QED) is 0.0870. The van der Waals surface area contributed by atoms with Gasteiger partial charge in [-0.15, -0.1) is 0 Å². The molecule has 1 aromatic rings. The predicted molar refractivity (Wildman–Crippen MR) is 136 cm³/mol. The molecule has 1 aromatic carbocycles. The summed E-state index contributed by atoms with van der Waals surface area (Å²) >= 11 is 0. The van der Waals surface area contributed by atoms with Crippen LogP contribution in [0.3, 0.4) is 0 Å². The molecule has 3 amide bonds. The number of amides is 3. The summed E-state index contributed by atoms with van der Waals surface area (Å²) in [7, 11) is 0. The van der Waals surface area contributed by atoms with Crippen molar-refractivity contribution in [1.82, 2.24) is 15.5 Å². The van der Waals surface area contributed by atoms with Crippen LogP contribution in [-0.2, 0) is 25.6 Å². The highest BCUT2D eigenvalue weighted by Gasteiger charge is 2.38. The van der Waals surface area contributed by atoms with Gasteiger partial charge in [-0.3, -0.25) is 19.4 Å². The van der Waals surface area contributed by atoms with Gasteiger partial charge < -0.3 is 42.9 Å². The highest BCUT2D eigenvalue weighted by atomic mass is 16.4. The molecule has 0 saturated carbocycles. The molecule has 5 atom stereocenters. The molecule has 10 N–H and O–H groups in total. The lowest BCUT2D eigenvalue weighted by Crippen LogP contribution is -2.58. The Hall–Kier alpha value is -3.71. The fourth-order valence-electron chi connectivity index (χ4n) is 4.06. The first-order chi connectivity index (χ1) is 17.5. The van der Waals surface area contributed by atoms with Crippen molar-refractivity contribution in [3.63, 3.8) is 0 Å². The molecule has 1 heterocycles. The van der Waals surface area contributed by atoms with Gasteiger partial charge in [0.15, 0.2) is 5.96 Å². The van der Waals surface area contributed by atoms with Gasteiger partial charge in [-0.25, -0.2) is 4.79 Å². The fraction of sp³-hybridized carbons (Fsp3) is 0.542. The predicted octanol–water partition coefficient (Wildman–Crippen LogP) is -1.96. The smallest absolute Gasteiger partial charge is 0.326 e. The number of hydrogen-bond donors (Lipinski definition) is 7. The summed E-state index contributed by atoms with van der Waals surface area (Å²) < 4.78 is 0. The molecule has 0 radical (unpaired) electrons. The van der Waals surface area contributed by atoms with Crippen LogP contribution in [0, 0.1) is 0 Å². The number of nitrogens with one attached hydrogen (secondary N) is 2. The minimum Gasteiger partial charge on any atom is -0.480 e. The van der Waals surface area contributed by atoms with Crippen molar-refractivity contribution < 1.29 is 29.4 Å². The highest BCUT2D eigenvalue weighted by Crippen LogP contribution is 2.19. The van der Waals surface area contributed by atoms with Crippen molar-refractivity contribution >= 4 is 29.7 Å². The van der Waals surface area contributed by atoms with Gasteiger partial charge in [0.25, 0.3) is 0 Å². The molecule has 204 valence electrons. The molecule has 0 spiro atoms. The standard InChI is InChI=1S/C24H37N7O6/c1-14(32)19(25)22(35)31-12-6-10-18(31)21(34)30-17(13-15-7-3-2-4-8-15)20(33)29-16(23(36)37)9-5-11-28-24(26)27/h2-4,7-8,14,16-19,32H,5-6,9-13,25H2,1H3,(H,29,33)(H,30,34)(H,36,37)(H4,26,27,28). The minimum atomic E-state index is -1.23. The third-order valence-corrected chi connectivity index (χ3v) is 6.12. The maximum Gasteiger partial charge on any atom is 0.326 e. The molecule has 2 rings (SSSR count). The van der Waals surface area contributed by atoms with E-state index in [0.29, 0.717) is 25.8 Å². The maximum atomic E-state index is 13.2. The first-order valence-corrected chi connectivity index (χ1v) is 12.2. The molecule has 0 bridgehead atoms. The molecule has 13 heteroatoms. The zero-order valence-electron chi connectivity index (χ0n) is 20.9. The van der Waals surface area contributed by atoms with Gasteiger partial charge in [0.1, 0.15) is 24.2 Å². The number of carbonyl (C=O) groups is 4. The molecule has 1 aliphatic heterocycles. The highest BCUT2D eigenvalue weighted by molar-refractivity contribution is 5.94. The van der Waals surface area contributed by atoms with Crippen LogP contribution in [0.25, 0.3) is 0 Å². The molecular weight excluding hydrogens is 482 g/mol. The second-order valence-corrected chi connectivity index (χ2v) is 9.06. The SMILES string of the molecule is CC(O)C(N)C(=O)N1CCCC1C(=O)NC(Cc1ccccc1)C(=O)NC(CCCN=C(N)N)C(=O)O. The van der Waals surface area contributed by atoms with Gasteiger partial charge in [-0.05, 0) is 38.2 Å². The van der Waals surface area contributed by atoms with E-state index >= 15 is 0 Å².